The molecule has 4 N–H and O–H groups in total. The molecular formula is C29H42N3O10S+. The molecule has 0 saturated carbocycles. The number of hydrogen-bond acceptors (Lipinski definition) is 9. The van der Waals surface area contributed by atoms with Gasteiger partial charge in [0.1, 0.15) is 6.10 Å². The Bertz CT molecular complexity index is 1280. The molecule has 1 fully saturated rings. The zero-order valence-corrected chi connectivity index (χ0v) is 25.5. The number of nitro groups is 1. The van der Waals surface area contributed by atoms with E-state index >= 15 is 0 Å². The molecule has 43 heavy (non-hydrogen) atoms. The number of nitro benzene ring substituents is 1. The molecule has 3 rings (SSSR count). The van der Waals surface area contributed by atoms with Gasteiger partial charge in [0.25, 0.3) is 11.4 Å². The van der Waals surface area contributed by atoms with Gasteiger partial charge in [0, 0.05) is 57.7 Å². The average molecular weight is 625 g/mol. The number of nitrogens with zero attached hydrogens (tertiary/aromatic N) is 2. The number of hydrogen-bond donors (Lipinski definition) is 2. The maximum atomic E-state index is 13.6. The molecule has 0 aromatic heterocycles. The second-order valence-electron chi connectivity index (χ2n) is 11.1. The highest BCUT2D eigenvalue weighted by atomic mass is 32.2. The van der Waals surface area contributed by atoms with Crippen LogP contribution in [0.4, 0.5) is 10.5 Å². The lowest BCUT2D eigenvalue weighted by atomic mass is 10.0. The molecule has 0 bridgehead atoms. The van der Waals surface area contributed by atoms with E-state index in [1.165, 1.54) is 7.11 Å². The van der Waals surface area contributed by atoms with Gasteiger partial charge < -0.3 is 29.7 Å². The molecule has 14 heteroatoms. The number of rotatable bonds is 16. The Balaban J connectivity index is 1.82. The van der Waals surface area contributed by atoms with E-state index in [9.17, 15) is 28.4 Å². The summed E-state index contributed by atoms with van der Waals surface area (Å²) in [6.45, 7) is 4.75. The van der Waals surface area contributed by atoms with Crippen LogP contribution in [0.3, 0.4) is 0 Å². The fraction of sp³-hybridized carbons (Fsp3) is 0.552. The Morgan fingerprint density at radius 3 is 2.42 bits per heavy atom. The quantitative estimate of drug-likeness (QED) is 0.161. The zero-order chi connectivity index (χ0) is 31.6. The first-order chi connectivity index (χ1) is 20.4. The van der Waals surface area contributed by atoms with Gasteiger partial charge in [0.2, 0.25) is 10.0 Å². The van der Waals surface area contributed by atoms with Crippen LogP contribution in [0.2, 0.25) is 0 Å². The van der Waals surface area contributed by atoms with Crippen molar-refractivity contribution in [1.29, 1.82) is 0 Å². The highest BCUT2D eigenvalue weighted by molar-refractivity contribution is 7.89. The van der Waals surface area contributed by atoms with Gasteiger partial charge in [-0.3, -0.25) is 10.1 Å². The smallest absolute Gasteiger partial charge is 0.407 e. The van der Waals surface area contributed by atoms with Crippen molar-refractivity contribution >= 4 is 21.8 Å². The summed E-state index contributed by atoms with van der Waals surface area (Å²) in [7, 11) is -2.65. The summed E-state index contributed by atoms with van der Waals surface area (Å²) in [5.41, 5.74) is 0.466. The minimum Gasteiger partial charge on any atom is -0.593 e. The molecule has 3 unspecified atom stereocenters. The number of sulfonamides is 1. The van der Waals surface area contributed by atoms with Gasteiger partial charge >= 0.3 is 6.09 Å². The van der Waals surface area contributed by atoms with Crippen molar-refractivity contribution < 1.29 is 42.6 Å². The predicted octanol–water partition coefficient (Wildman–Crippen LogP) is 2.82. The van der Waals surface area contributed by atoms with E-state index < -0.39 is 39.3 Å². The Labute approximate surface area is 252 Å². The third-order valence-corrected chi connectivity index (χ3v) is 8.91. The molecule has 1 aliphatic heterocycles. The van der Waals surface area contributed by atoms with Gasteiger partial charge in [-0.05, 0) is 60.9 Å². The van der Waals surface area contributed by atoms with Crippen LogP contribution in [0.5, 0.6) is 5.75 Å². The predicted molar refractivity (Wildman–Crippen MR) is 159 cm³/mol. The van der Waals surface area contributed by atoms with Crippen molar-refractivity contribution in [3.63, 3.8) is 0 Å². The third-order valence-electron chi connectivity index (χ3n) is 7.07. The molecule has 0 aliphatic carbocycles. The Hall–Kier alpha value is -3.30. The van der Waals surface area contributed by atoms with E-state index in [0.29, 0.717) is 30.9 Å². The summed E-state index contributed by atoms with van der Waals surface area (Å²) >= 11 is 0. The number of aliphatic hydroxyl groups excluding tert-OH is 1. The molecule has 4 atom stereocenters. The number of non-ortho nitro benzene ring substituents is 1. The first-order valence-corrected chi connectivity index (χ1v) is 15.6. The van der Waals surface area contributed by atoms with Crippen LogP contribution in [0, 0.1) is 22.0 Å². The van der Waals surface area contributed by atoms with Crippen molar-refractivity contribution in [2.75, 3.05) is 40.0 Å². The number of alkyl carbamates (subject to hydrolysis) is 1. The number of amides is 1. The molecular weight excluding hydrogens is 582 g/mol. The number of ether oxygens (including phenoxy) is 3. The van der Waals surface area contributed by atoms with Gasteiger partial charge in [0.15, 0.2) is 0 Å². The molecule has 1 amide bonds. The Morgan fingerprint density at radius 1 is 1.19 bits per heavy atom. The van der Waals surface area contributed by atoms with E-state index in [1.54, 1.807) is 24.3 Å². The summed E-state index contributed by atoms with van der Waals surface area (Å²) in [6, 6.07) is 10.2. The fourth-order valence-electron chi connectivity index (χ4n) is 4.89. The summed E-state index contributed by atoms with van der Waals surface area (Å²) < 4.78 is 44.6. The van der Waals surface area contributed by atoms with Gasteiger partial charge in [-0.1, -0.05) is 13.8 Å². The van der Waals surface area contributed by atoms with Crippen LogP contribution in [0.1, 0.15) is 32.3 Å². The second-order valence-corrected chi connectivity index (χ2v) is 13.1. The molecule has 0 spiro atoms. The first-order valence-electron chi connectivity index (χ1n) is 14.2. The Kier molecular flexibility index (Phi) is 12.7. The molecule has 238 valence electrons. The van der Waals surface area contributed by atoms with Gasteiger partial charge in [-0.2, -0.15) is 4.31 Å². The van der Waals surface area contributed by atoms with Crippen molar-refractivity contribution in [2.24, 2.45) is 11.8 Å². The maximum Gasteiger partial charge on any atom is 0.407 e. The summed E-state index contributed by atoms with van der Waals surface area (Å²) in [4.78, 5) is 23.4. The number of benzene rings is 2. The van der Waals surface area contributed by atoms with E-state index in [0.717, 1.165) is 35.0 Å². The van der Waals surface area contributed by atoms with Crippen LogP contribution < -0.4 is 5.32 Å². The number of methoxy groups -OCH3 is 1. The lowest BCUT2D eigenvalue weighted by Gasteiger charge is -2.31. The number of aliphatic hydroxyl groups is 1. The maximum absolute atomic E-state index is 13.6. The summed E-state index contributed by atoms with van der Waals surface area (Å²) in [5, 5.41) is 32.9. The van der Waals surface area contributed by atoms with E-state index in [4.69, 9.17) is 19.3 Å². The minimum absolute atomic E-state index is 0.0560. The third kappa shape index (κ3) is 10.4. The molecule has 13 nitrogen and oxygen atoms in total. The van der Waals surface area contributed by atoms with Crippen molar-refractivity contribution in [1.82, 2.24) is 9.62 Å². The lowest BCUT2D eigenvalue weighted by molar-refractivity contribution is -0.384. The van der Waals surface area contributed by atoms with E-state index in [2.05, 4.69) is 5.32 Å². The Morgan fingerprint density at radius 2 is 1.86 bits per heavy atom. The van der Waals surface area contributed by atoms with Crippen molar-refractivity contribution in [3.05, 3.63) is 64.2 Å². The van der Waals surface area contributed by atoms with Crippen LogP contribution in [0.25, 0.3) is 0 Å². The normalized spacial score (nSPS) is 17.5. The van der Waals surface area contributed by atoms with Crippen LogP contribution >= 0.6 is 0 Å². The highest BCUT2D eigenvalue weighted by Gasteiger charge is 2.32. The minimum atomic E-state index is -4.16. The van der Waals surface area contributed by atoms with E-state index in [-0.39, 0.29) is 48.5 Å². The fourth-order valence-corrected chi connectivity index (χ4v) is 6.52. The van der Waals surface area contributed by atoms with Gasteiger partial charge in [-0.25, -0.2) is 13.2 Å². The van der Waals surface area contributed by atoms with Crippen LogP contribution in [-0.4, -0.2) is 92.2 Å². The van der Waals surface area contributed by atoms with Crippen molar-refractivity contribution in [3.8, 4) is 5.75 Å². The number of carbonyl (C=O) groups is 1. The molecule has 2 aromatic carbocycles. The zero-order valence-electron chi connectivity index (χ0n) is 24.7. The molecule has 1 aliphatic rings. The first kappa shape index (κ1) is 34.2. The highest BCUT2D eigenvalue weighted by Crippen LogP contribution is 2.23. The lowest BCUT2D eigenvalue weighted by Crippen LogP contribution is -2.51. The largest absolute Gasteiger partial charge is 0.593 e. The van der Waals surface area contributed by atoms with Gasteiger partial charge in [0.05, 0.1) is 28.6 Å². The molecule has 0 radical (unpaired) electrons. The molecule has 1 saturated heterocycles. The van der Waals surface area contributed by atoms with Crippen LogP contribution in [-0.2, 0) is 30.7 Å². The second kappa shape index (κ2) is 16.0. The molecule has 1 heterocycles. The van der Waals surface area contributed by atoms with Crippen molar-refractivity contribution in [2.45, 2.75) is 56.3 Å². The van der Waals surface area contributed by atoms with Crippen LogP contribution in [0.15, 0.2) is 53.4 Å². The summed E-state index contributed by atoms with van der Waals surface area (Å²) in [5.74, 6) is 0.408. The SMILES string of the molecule is COC[C@@H](CC1CCOC1)OC(=O)NC(Cc1ccc([OH2+])cc1)C(O)CN(CC(C)C)S(=O)(=O)c1ccc([N+](=O)[O-])cc1. The van der Waals surface area contributed by atoms with Gasteiger partial charge in [-0.15, -0.1) is 0 Å². The monoisotopic (exact) mass is 624 g/mol. The molecule has 2 aromatic rings. The standard InChI is InChI=1S/C29H41N3O10S/c1-20(2)16-31(43(38,39)26-10-6-23(7-11-26)32(36)37)17-28(34)27(15-21-4-8-24(33)9-5-21)30-29(35)42-25(19-40-3)14-22-12-13-41-18-22/h4-11,20,22,25,27-28,33-34H,12-19H2,1-3H3,(H,30,35)/p+1/t22?,25-,27?,28?/m1/s1. The summed E-state index contributed by atoms with van der Waals surface area (Å²) in [6.07, 6.45) is -1.15. The average Bonchev–Trinajstić information content (AvgIpc) is 3.46. The number of carbonyl (C=O) groups excluding carboxylic acids is 1. The number of nitrogens with one attached hydrogen (secondary N) is 1. The topological polar surface area (TPSA) is 180 Å². The van der Waals surface area contributed by atoms with E-state index in [1.807, 2.05) is 13.8 Å².